The second kappa shape index (κ2) is 9.53. The minimum atomic E-state index is -4.91. The fraction of sp³-hybridized carbons (Fsp3) is 0.435. The molecule has 186 valence electrons. The van der Waals surface area contributed by atoms with Gasteiger partial charge in [-0.05, 0) is 75.1 Å². The molecular formula is C23H26F4N2O4S. The van der Waals surface area contributed by atoms with Crippen LogP contribution in [-0.4, -0.2) is 38.1 Å². The van der Waals surface area contributed by atoms with E-state index >= 15 is 0 Å². The Balaban J connectivity index is 2.11. The summed E-state index contributed by atoms with van der Waals surface area (Å²) >= 11 is 0. The van der Waals surface area contributed by atoms with Crippen LogP contribution in [0.2, 0.25) is 0 Å². The number of rotatable bonds is 7. The molecule has 3 rings (SSSR count). The van der Waals surface area contributed by atoms with Crippen molar-refractivity contribution in [3.8, 4) is 0 Å². The molecule has 2 atom stereocenters. The summed E-state index contributed by atoms with van der Waals surface area (Å²) in [6.45, 7) is 4.44. The largest absolute Gasteiger partial charge is 0.421 e. The van der Waals surface area contributed by atoms with Gasteiger partial charge in [-0.25, -0.2) is 12.8 Å². The lowest BCUT2D eigenvalue weighted by molar-refractivity contribution is -0.258. The van der Waals surface area contributed by atoms with Crippen molar-refractivity contribution < 1.29 is 35.9 Å². The quantitative estimate of drug-likeness (QED) is 0.332. The monoisotopic (exact) mass is 502 g/mol. The van der Waals surface area contributed by atoms with Gasteiger partial charge in [-0.3, -0.25) is 4.31 Å². The van der Waals surface area contributed by atoms with Crippen LogP contribution >= 0.6 is 0 Å². The van der Waals surface area contributed by atoms with E-state index < -0.39 is 33.7 Å². The lowest BCUT2D eigenvalue weighted by Crippen LogP contribution is -2.45. The number of aryl methyl sites for hydroxylation is 1. The third kappa shape index (κ3) is 5.05. The predicted octanol–water partition coefficient (Wildman–Crippen LogP) is 4.91. The van der Waals surface area contributed by atoms with Gasteiger partial charge < -0.3 is 9.94 Å². The number of sulfonamides is 1. The second-order valence-electron chi connectivity index (χ2n) is 8.31. The van der Waals surface area contributed by atoms with Crippen LogP contribution in [0.1, 0.15) is 44.7 Å². The second-order valence-corrected chi connectivity index (χ2v) is 10.1. The topological polar surface area (TPSA) is 79.2 Å². The summed E-state index contributed by atoms with van der Waals surface area (Å²) in [7, 11) is -4.20. The Labute approximate surface area is 195 Å². The number of halogens is 4. The van der Waals surface area contributed by atoms with Crippen LogP contribution in [-0.2, 0) is 26.9 Å². The van der Waals surface area contributed by atoms with E-state index in [0.717, 1.165) is 34.6 Å². The summed E-state index contributed by atoms with van der Waals surface area (Å²) in [5, 5.41) is 14.0. The van der Waals surface area contributed by atoms with Crippen LogP contribution in [0.3, 0.4) is 0 Å². The number of aliphatic hydroxyl groups is 1. The molecular weight excluding hydrogens is 476 g/mol. The molecule has 0 spiro atoms. The Morgan fingerprint density at radius 1 is 1.21 bits per heavy atom. The number of hydrogen-bond donors (Lipinski definition) is 1. The minimum absolute atomic E-state index is 0.155. The highest BCUT2D eigenvalue weighted by molar-refractivity contribution is 7.92. The van der Waals surface area contributed by atoms with Crippen LogP contribution in [0.5, 0.6) is 0 Å². The van der Waals surface area contributed by atoms with Gasteiger partial charge >= 0.3 is 6.18 Å². The molecule has 1 heterocycles. The van der Waals surface area contributed by atoms with Crippen LogP contribution in [0, 0.1) is 5.82 Å². The summed E-state index contributed by atoms with van der Waals surface area (Å²) in [6.07, 6.45) is -4.10. The van der Waals surface area contributed by atoms with Crippen molar-refractivity contribution in [1.82, 2.24) is 0 Å². The number of hydrogen-bond acceptors (Lipinski definition) is 5. The molecule has 0 radical (unpaired) electrons. The van der Waals surface area contributed by atoms with Gasteiger partial charge in [-0.15, -0.1) is 0 Å². The van der Waals surface area contributed by atoms with E-state index in [9.17, 15) is 31.1 Å². The molecule has 1 N–H and O–H groups in total. The van der Waals surface area contributed by atoms with Crippen LogP contribution in [0.15, 0.2) is 52.5 Å². The smallest absolute Gasteiger partial charge is 0.396 e. The Kier molecular flexibility index (Phi) is 7.28. The normalized spacial score (nSPS) is 18.9. The van der Waals surface area contributed by atoms with E-state index in [2.05, 4.69) is 5.16 Å². The van der Waals surface area contributed by atoms with Gasteiger partial charge in [0, 0.05) is 6.42 Å². The number of alkyl halides is 3. The number of nitrogens with zero attached hydrogens (tertiary/aromatic N) is 2. The highest BCUT2D eigenvalue weighted by Crippen LogP contribution is 2.43. The summed E-state index contributed by atoms with van der Waals surface area (Å²) in [4.78, 5) is 4.90. The predicted molar refractivity (Wildman–Crippen MR) is 120 cm³/mol. The Morgan fingerprint density at radius 3 is 2.44 bits per heavy atom. The molecule has 0 saturated carbocycles. The molecule has 1 aliphatic heterocycles. The Hall–Kier alpha value is -2.66. The van der Waals surface area contributed by atoms with Gasteiger partial charge in [-0.2, -0.15) is 13.2 Å². The van der Waals surface area contributed by atoms with E-state index in [1.807, 2.05) is 0 Å². The van der Waals surface area contributed by atoms with Crippen LogP contribution < -0.4 is 4.31 Å². The molecule has 0 amide bonds. The lowest BCUT2D eigenvalue weighted by Gasteiger charge is -2.38. The molecule has 0 fully saturated rings. The van der Waals surface area contributed by atoms with Gasteiger partial charge in [0.05, 0.1) is 22.3 Å². The van der Waals surface area contributed by atoms with Crippen molar-refractivity contribution >= 4 is 21.4 Å². The molecule has 2 aromatic rings. The van der Waals surface area contributed by atoms with Gasteiger partial charge in [0.25, 0.3) is 10.0 Å². The summed E-state index contributed by atoms with van der Waals surface area (Å²) in [6, 6.07) is 7.26. The average Bonchev–Trinajstić information content (AvgIpc) is 2.76. The zero-order valence-corrected chi connectivity index (χ0v) is 19.8. The Morgan fingerprint density at radius 2 is 1.85 bits per heavy atom. The highest BCUT2D eigenvalue weighted by atomic mass is 32.2. The fourth-order valence-electron chi connectivity index (χ4n) is 3.89. The van der Waals surface area contributed by atoms with Crippen LogP contribution in [0.25, 0.3) is 0 Å². The maximum Gasteiger partial charge on any atom is 0.421 e. The molecule has 6 nitrogen and oxygen atoms in total. The van der Waals surface area contributed by atoms with E-state index in [-0.39, 0.29) is 22.6 Å². The number of anilines is 1. The van der Waals surface area contributed by atoms with Crippen molar-refractivity contribution in [2.45, 2.75) is 62.7 Å². The van der Waals surface area contributed by atoms with E-state index in [1.54, 1.807) is 13.8 Å². The first-order valence-corrected chi connectivity index (χ1v) is 12.1. The summed E-state index contributed by atoms with van der Waals surface area (Å²) < 4.78 is 81.9. The standard InChI is InChI=1S/C23H26F4N2O4S/c1-4-33-28-15(2)13-19-9-5-16-14-17(22(3,30)23(25,26)27)6-12-21(16)29(19)34(31,32)20-10-7-18(24)8-11-20/h6-8,10-12,14,19,30H,4-5,9,13H2,1-3H3/b28-15-/t19-,22?/m0/s1. The van der Waals surface area contributed by atoms with E-state index in [1.165, 1.54) is 12.1 Å². The minimum Gasteiger partial charge on any atom is -0.396 e. The number of benzene rings is 2. The van der Waals surface area contributed by atoms with Gasteiger partial charge in [0.2, 0.25) is 0 Å². The number of oxime groups is 1. The zero-order valence-electron chi connectivity index (χ0n) is 18.9. The number of fused-ring (bicyclic) bond motifs is 1. The maximum absolute atomic E-state index is 13.6. The van der Waals surface area contributed by atoms with Crippen molar-refractivity contribution in [3.63, 3.8) is 0 Å². The van der Waals surface area contributed by atoms with Crippen molar-refractivity contribution in [2.75, 3.05) is 10.9 Å². The highest BCUT2D eigenvalue weighted by Gasteiger charge is 2.51. The fourth-order valence-corrected chi connectivity index (χ4v) is 5.60. The van der Waals surface area contributed by atoms with E-state index in [0.29, 0.717) is 37.6 Å². The SMILES string of the molecule is CCO/N=C(/C)C[C@@H]1CCc2cc(C(C)(O)C(F)(F)F)ccc2N1S(=O)(=O)c1ccc(F)cc1. The molecule has 11 heteroatoms. The maximum atomic E-state index is 13.6. The molecule has 0 aliphatic carbocycles. The molecule has 0 saturated heterocycles. The molecule has 1 unspecified atom stereocenters. The molecule has 34 heavy (non-hydrogen) atoms. The first-order chi connectivity index (χ1) is 15.8. The first kappa shape index (κ1) is 26.0. The molecule has 1 aliphatic rings. The summed E-state index contributed by atoms with van der Waals surface area (Å²) in [5.41, 5.74) is -2.38. The Bertz CT molecular complexity index is 1160. The molecule has 0 bridgehead atoms. The molecule has 0 aromatic heterocycles. The van der Waals surface area contributed by atoms with Crippen molar-refractivity contribution in [3.05, 3.63) is 59.4 Å². The van der Waals surface area contributed by atoms with Crippen molar-refractivity contribution in [1.29, 1.82) is 0 Å². The van der Waals surface area contributed by atoms with Gasteiger partial charge in [-0.1, -0.05) is 17.3 Å². The first-order valence-electron chi connectivity index (χ1n) is 10.7. The molecule has 2 aromatic carbocycles. The third-order valence-corrected chi connectivity index (χ3v) is 7.64. The van der Waals surface area contributed by atoms with Crippen LogP contribution in [0.4, 0.5) is 23.2 Å². The van der Waals surface area contributed by atoms with E-state index in [4.69, 9.17) is 4.84 Å². The third-order valence-electron chi connectivity index (χ3n) is 5.76. The zero-order chi connectivity index (χ0) is 25.3. The average molecular weight is 503 g/mol. The van der Waals surface area contributed by atoms with Gasteiger partial charge in [0.1, 0.15) is 12.4 Å². The summed E-state index contributed by atoms with van der Waals surface area (Å²) in [5.74, 6) is -0.603. The van der Waals surface area contributed by atoms with Crippen molar-refractivity contribution in [2.24, 2.45) is 5.16 Å². The van der Waals surface area contributed by atoms with Gasteiger partial charge in [0.15, 0.2) is 5.60 Å². The lowest BCUT2D eigenvalue weighted by atomic mass is 9.89.